The molecule has 1 aliphatic carbocycles. The first kappa shape index (κ1) is 7.11. The molecule has 0 aromatic heterocycles. The Morgan fingerprint density at radius 2 is 2.50 bits per heavy atom. The molecule has 0 aromatic carbocycles. The number of nitrogens with zero attached hydrogens (tertiary/aromatic N) is 1. The van der Waals surface area contributed by atoms with Gasteiger partial charge in [0.15, 0.2) is 5.78 Å². The number of ether oxygens (including phenoxy) is 1. The number of rotatable bonds is 0. The van der Waals surface area contributed by atoms with Crippen LogP contribution in [0.3, 0.4) is 0 Å². The topological polar surface area (TPSA) is 50.1 Å². The van der Waals surface area contributed by atoms with Gasteiger partial charge in [-0.05, 0) is 0 Å². The molecular formula is C9H7NO2. The number of ketones is 1. The molecule has 1 aliphatic heterocycles. The van der Waals surface area contributed by atoms with E-state index in [0.29, 0.717) is 6.61 Å². The lowest BCUT2D eigenvalue weighted by Gasteiger charge is -2.15. The molecule has 2 atom stereocenters. The van der Waals surface area contributed by atoms with Gasteiger partial charge in [0.1, 0.15) is 12.5 Å². The van der Waals surface area contributed by atoms with Crippen molar-refractivity contribution in [1.29, 1.82) is 5.26 Å². The number of fused-ring (bicyclic) bond motifs is 1. The summed E-state index contributed by atoms with van der Waals surface area (Å²) >= 11 is 0. The fraction of sp³-hybridized carbons (Fsp3) is 0.333. The lowest BCUT2D eigenvalue weighted by molar-refractivity contribution is -0.123. The van der Waals surface area contributed by atoms with Crippen LogP contribution in [0.15, 0.2) is 24.0 Å². The van der Waals surface area contributed by atoms with E-state index in [9.17, 15) is 4.79 Å². The summed E-state index contributed by atoms with van der Waals surface area (Å²) in [7, 11) is 0. The first-order chi connectivity index (χ1) is 5.83. The number of hydrogen-bond donors (Lipinski definition) is 0. The molecule has 0 aromatic rings. The summed E-state index contributed by atoms with van der Waals surface area (Å²) in [5.41, 5.74) is 0.895. The lowest BCUT2D eigenvalue weighted by Crippen LogP contribution is -2.26. The zero-order valence-electron chi connectivity index (χ0n) is 6.36. The van der Waals surface area contributed by atoms with Crippen molar-refractivity contribution < 1.29 is 9.53 Å². The van der Waals surface area contributed by atoms with Crippen molar-refractivity contribution in [2.24, 2.45) is 11.8 Å². The predicted molar refractivity (Wildman–Crippen MR) is 40.8 cm³/mol. The summed E-state index contributed by atoms with van der Waals surface area (Å²) in [5.74, 6) is -0.808. The van der Waals surface area contributed by atoms with Crippen LogP contribution in [0, 0.1) is 23.2 Å². The molecular weight excluding hydrogens is 154 g/mol. The Balaban J connectivity index is 2.35. The van der Waals surface area contributed by atoms with Crippen LogP contribution in [0.4, 0.5) is 0 Å². The van der Waals surface area contributed by atoms with Gasteiger partial charge < -0.3 is 4.74 Å². The van der Waals surface area contributed by atoms with Crippen LogP contribution in [-0.2, 0) is 9.53 Å². The molecule has 2 rings (SSSR count). The van der Waals surface area contributed by atoms with Gasteiger partial charge in [0.2, 0.25) is 0 Å². The Hall–Kier alpha value is -1.56. The molecule has 0 radical (unpaired) electrons. The van der Waals surface area contributed by atoms with Crippen LogP contribution in [0.25, 0.3) is 0 Å². The highest BCUT2D eigenvalue weighted by Crippen LogP contribution is 2.28. The van der Waals surface area contributed by atoms with E-state index in [-0.39, 0.29) is 11.7 Å². The molecule has 0 amide bonds. The van der Waals surface area contributed by atoms with Crippen molar-refractivity contribution in [2.75, 3.05) is 6.61 Å². The summed E-state index contributed by atoms with van der Waals surface area (Å²) in [4.78, 5) is 11.4. The van der Waals surface area contributed by atoms with Gasteiger partial charge in [-0.3, -0.25) is 4.79 Å². The number of carbonyl (C=O) groups is 1. The molecule has 2 unspecified atom stereocenters. The van der Waals surface area contributed by atoms with Gasteiger partial charge in [0, 0.05) is 5.57 Å². The van der Waals surface area contributed by atoms with Gasteiger partial charge in [-0.15, -0.1) is 0 Å². The van der Waals surface area contributed by atoms with E-state index < -0.39 is 5.92 Å². The minimum Gasteiger partial charge on any atom is -0.500 e. The first-order valence-corrected chi connectivity index (χ1v) is 3.76. The Morgan fingerprint density at radius 1 is 1.67 bits per heavy atom. The van der Waals surface area contributed by atoms with Crippen LogP contribution in [0.5, 0.6) is 0 Å². The molecule has 2 aliphatic rings. The SMILES string of the molecule is N#CC1C=CC2=COCC2C1=O. The largest absolute Gasteiger partial charge is 0.500 e. The maximum absolute atomic E-state index is 11.4. The van der Waals surface area contributed by atoms with Crippen LogP contribution >= 0.6 is 0 Å². The minimum atomic E-state index is -0.575. The van der Waals surface area contributed by atoms with Crippen LogP contribution in [0.2, 0.25) is 0 Å². The van der Waals surface area contributed by atoms with Crippen molar-refractivity contribution in [2.45, 2.75) is 0 Å². The minimum absolute atomic E-state index is 0.0382. The van der Waals surface area contributed by atoms with Crippen LogP contribution in [0.1, 0.15) is 0 Å². The number of allylic oxidation sites excluding steroid dienone is 2. The standard InChI is InChI=1S/C9H7NO2/c10-3-6-1-2-7-4-12-5-8(7)9(6)11/h1-2,4,6,8H,5H2. The second kappa shape index (κ2) is 2.49. The first-order valence-electron chi connectivity index (χ1n) is 3.76. The molecule has 0 bridgehead atoms. The molecule has 0 fully saturated rings. The Labute approximate surface area is 69.9 Å². The lowest BCUT2D eigenvalue weighted by atomic mass is 9.84. The van der Waals surface area contributed by atoms with Crippen LogP contribution < -0.4 is 0 Å². The van der Waals surface area contributed by atoms with E-state index in [1.165, 1.54) is 0 Å². The molecule has 0 saturated carbocycles. The van der Waals surface area contributed by atoms with Crippen molar-refractivity contribution >= 4 is 5.78 Å². The fourth-order valence-electron chi connectivity index (χ4n) is 1.45. The van der Waals surface area contributed by atoms with Crippen molar-refractivity contribution in [3.63, 3.8) is 0 Å². The van der Waals surface area contributed by atoms with Gasteiger partial charge in [0.25, 0.3) is 0 Å². The molecule has 0 saturated heterocycles. The van der Waals surface area contributed by atoms with Crippen molar-refractivity contribution in [3.8, 4) is 6.07 Å². The zero-order chi connectivity index (χ0) is 8.55. The highest BCUT2D eigenvalue weighted by molar-refractivity contribution is 5.92. The van der Waals surface area contributed by atoms with E-state index in [0.717, 1.165) is 5.57 Å². The summed E-state index contributed by atoms with van der Waals surface area (Å²) in [6, 6.07) is 1.95. The monoisotopic (exact) mass is 161 g/mol. The third kappa shape index (κ3) is 0.850. The molecule has 60 valence electrons. The van der Waals surface area contributed by atoms with Gasteiger partial charge in [-0.1, -0.05) is 12.2 Å². The van der Waals surface area contributed by atoms with Gasteiger partial charge >= 0.3 is 0 Å². The summed E-state index contributed by atoms with van der Waals surface area (Å²) < 4.78 is 5.01. The molecule has 0 spiro atoms. The van der Waals surface area contributed by atoms with E-state index >= 15 is 0 Å². The molecule has 3 heteroatoms. The van der Waals surface area contributed by atoms with Gasteiger partial charge in [0.05, 0.1) is 18.2 Å². The molecule has 12 heavy (non-hydrogen) atoms. The Kier molecular flexibility index (Phi) is 1.47. The second-order valence-electron chi connectivity index (χ2n) is 2.87. The fourth-order valence-corrected chi connectivity index (χ4v) is 1.45. The summed E-state index contributed by atoms with van der Waals surface area (Å²) in [6.45, 7) is 0.399. The quantitative estimate of drug-likeness (QED) is 0.528. The van der Waals surface area contributed by atoms with Crippen molar-refractivity contribution in [1.82, 2.24) is 0 Å². The third-order valence-corrected chi connectivity index (χ3v) is 2.15. The van der Waals surface area contributed by atoms with E-state index in [1.54, 1.807) is 18.4 Å². The molecule has 3 nitrogen and oxygen atoms in total. The summed E-state index contributed by atoms with van der Waals surface area (Å²) in [6.07, 6.45) is 5.01. The average Bonchev–Trinajstić information content (AvgIpc) is 2.53. The van der Waals surface area contributed by atoms with Gasteiger partial charge in [-0.25, -0.2) is 0 Å². The van der Waals surface area contributed by atoms with E-state index in [4.69, 9.17) is 10.00 Å². The van der Waals surface area contributed by atoms with Crippen LogP contribution in [-0.4, -0.2) is 12.4 Å². The summed E-state index contributed by atoms with van der Waals surface area (Å²) in [5, 5.41) is 8.60. The number of hydrogen-bond acceptors (Lipinski definition) is 3. The smallest absolute Gasteiger partial charge is 0.164 e. The molecule has 0 N–H and O–H groups in total. The predicted octanol–water partition coefficient (Wildman–Crippen LogP) is 0.795. The van der Waals surface area contributed by atoms with E-state index in [2.05, 4.69) is 0 Å². The van der Waals surface area contributed by atoms with Gasteiger partial charge in [-0.2, -0.15) is 5.26 Å². The Bertz CT molecular complexity index is 322. The normalized spacial score (nSPS) is 31.9. The number of carbonyl (C=O) groups excluding carboxylic acids is 1. The maximum atomic E-state index is 11.4. The second-order valence-corrected chi connectivity index (χ2v) is 2.87. The highest BCUT2D eigenvalue weighted by Gasteiger charge is 2.34. The van der Waals surface area contributed by atoms with Crippen molar-refractivity contribution in [3.05, 3.63) is 24.0 Å². The number of Topliss-reactive ketones (excluding diaryl/α,β-unsaturated/α-hetero) is 1. The third-order valence-electron chi connectivity index (χ3n) is 2.15. The highest BCUT2D eigenvalue weighted by atomic mass is 16.5. The maximum Gasteiger partial charge on any atom is 0.164 e. The molecule has 1 heterocycles. The average molecular weight is 161 g/mol. The zero-order valence-corrected chi connectivity index (χ0v) is 6.36. The van der Waals surface area contributed by atoms with E-state index in [1.807, 2.05) is 6.07 Å². The number of nitriles is 1. The Morgan fingerprint density at radius 3 is 3.25 bits per heavy atom.